The molecular formula is C21H26N2O3. The quantitative estimate of drug-likeness (QED) is 0.868. The molecule has 138 valence electrons. The topological polar surface area (TPSA) is 59.6 Å². The molecule has 2 N–H and O–H groups in total. The molecule has 0 radical (unpaired) electrons. The van der Waals surface area contributed by atoms with Crippen LogP contribution in [-0.4, -0.2) is 32.7 Å². The third-order valence-electron chi connectivity index (χ3n) is 4.33. The number of ether oxygens (including phenoxy) is 2. The van der Waals surface area contributed by atoms with Gasteiger partial charge in [0.2, 0.25) is 0 Å². The van der Waals surface area contributed by atoms with Crippen LogP contribution in [0.3, 0.4) is 0 Å². The third kappa shape index (κ3) is 5.23. The number of fused-ring (bicyclic) bond motifs is 4. The lowest BCUT2D eigenvalue weighted by Gasteiger charge is -2.13. The van der Waals surface area contributed by atoms with E-state index in [1.54, 1.807) is 7.11 Å². The zero-order chi connectivity index (χ0) is 18.2. The van der Waals surface area contributed by atoms with Crippen LogP contribution in [0.25, 0.3) is 0 Å². The Balaban J connectivity index is 1.78. The first-order valence-corrected chi connectivity index (χ1v) is 9.11. The van der Waals surface area contributed by atoms with Crippen molar-refractivity contribution in [3.05, 3.63) is 59.2 Å². The van der Waals surface area contributed by atoms with Gasteiger partial charge in [-0.15, -0.1) is 0 Å². The van der Waals surface area contributed by atoms with Gasteiger partial charge in [0, 0.05) is 31.5 Å². The number of hydrogen-bond donors (Lipinski definition) is 2. The number of hydrogen-bond acceptors (Lipinski definition) is 4. The van der Waals surface area contributed by atoms with Gasteiger partial charge in [-0.1, -0.05) is 12.1 Å². The average molecular weight is 354 g/mol. The Hall–Kier alpha value is -2.53. The molecule has 0 saturated carbocycles. The van der Waals surface area contributed by atoms with E-state index in [0.717, 1.165) is 48.4 Å². The summed E-state index contributed by atoms with van der Waals surface area (Å²) >= 11 is 0. The third-order valence-corrected chi connectivity index (χ3v) is 4.33. The lowest BCUT2D eigenvalue weighted by molar-refractivity contribution is 0.0954. The maximum Gasteiger partial charge on any atom is 0.251 e. The van der Waals surface area contributed by atoms with Crippen molar-refractivity contribution < 1.29 is 14.3 Å². The summed E-state index contributed by atoms with van der Waals surface area (Å²) in [6, 6.07) is 13.9. The van der Waals surface area contributed by atoms with E-state index in [-0.39, 0.29) is 5.91 Å². The van der Waals surface area contributed by atoms with Crippen molar-refractivity contribution in [2.75, 3.05) is 32.1 Å². The molecule has 4 bridgehead atoms. The fourth-order valence-corrected chi connectivity index (χ4v) is 3.04. The van der Waals surface area contributed by atoms with Gasteiger partial charge < -0.3 is 20.1 Å². The minimum Gasteiger partial charge on any atom is -0.494 e. The van der Waals surface area contributed by atoms with E-state index in [1.807, 2.05) is 36.4 Å². The molecule has 0 fully saturated rings. The molecule has 26 heavy (non-hydrogen) atoms. The normalized spacial score (nSPS) is 15.5. The highest BCUT2D eigenvalue weighted by atomic mass is 16.5. The molecule has 5 heteroatoms. The summed E-state index contributed by atoms with van der Waals surface area (Å²) in [7, 11) is 1.66. The Morgan fingerprint density at radius 1 is 1.08 bits per heavy atom. The molecule has 2 aromatic rings. The van der Waals surface area contributed by atoms with Crippen LogP contribution in [0.1, 0.15) is 34.3 Å². The van der Waals surface area contributed by atoms with E-state index < -0.39 is 0 Å². The number of methoxy groups -OCH3 is 1. The summed E-state index contributed by atoms with van der Waals surface area (Å²) in [6.45, 7) is 2.60. The van der Waals surface area contributed by atoms with Gasteiger partial charge in [0.15, 0.2) is 0 Å². The van der Waals surface area contributed by atoms with E-state index in [1.165, 1.54) is 0 Å². The number of amides is 1. The molecule has 1 amide bonds. The standard InChI is InChI=1S/C21H26N2O3/c1-25-15-17-11-18-14-19(12-17)22-8-2-3-10-26-20-6-4-5-16(13-20)7-9-23-21(18)24/h4-6,11-14,22H,2-3,7-10,15H2,1H3,(H,23,24). The van der Waals surface area contributed by atoms with Gasteiger partial charge in [-0.2, -0.15) is 0 Å². The number of anilines is 1. The van der Waals surface area contributed by atoms with Gasteiger partial charge in [0.05, 0.1) is 13.2 Å². The molecule has 1 aliphatic rings. The van der Waals surface area contributed by atoms with Crippen molar-refractivity contribution in [2.24, 2.45) is 0 Å². The van der Waals surface area contributed by atoms with Crippen molar-refractivity contribution in [2.45, 2.75) is 25.9 Å². The van der Waals surface area contributed by atoms with Crippen molar-refractivity contribution in [3.63, 3.8) is 0 Å². The van der Waals surface area contributed by atoms with Crippen LogP contribution in [0, 0.1) is 0 Å². The molecule has 0 unspecified atom stereocenters. The second-order valence-corrected chi connectivity index (χ2v) is 6.49. The maximum atomic E-state index is 12.5. The van der Waals surface area contributed by atoms with Crippen LogP contribution >= 0.6 is 0 Å². The van der Waals surface area contributed by atoms with Gasteiger partial charge in [-0.05, 0) is 60.7 Å². The molecule has 0 spiro atoms. The smallest absolute Gasteiger partial charge is 0.251 e. The van der Waals surface area contributed by atoms with Gasteiger partial charge in [-0.25, -0.2) is 0 Å². The van der Waals surface area contributed by atoms with Crippen LogP contribution in [0.15, 0.2) is 42.5 Å². The molecule has 5 nitrogen and oxygen atoms in total. The molecule has 0 saturated heterocycles. The minimum atomic E-state index is -0.0644. The Morgan fingerprint density at radius 2 is 2.00 bits per heavy atom. The molecule has 3 rings (SSSR count). The molecule has 1 aliphatic heterocycles. The number of carbonyl (C=O) groups excluding carboxylic acids is 1. The summed E-state index contributed by atoms with van der Waals surface area (Å²) in [5, 5.41) is 6.40. The van der Waals surface area contributed by atoms with Crippen molar-refractivity contribution in [1.29, 1.82) is 0 Å². The summed E-state index contributed by atoms with van der Waals surface area (Å²) in [5.74, 6) is 0.828. The Labute approximate surface area is 154 Å². The molecule has 0 aromatic heterocycles. The van der Waals surface area contributed by atoms with E-state index in [0.29, 0.717) is 25.3 Å². The van der Waals surface area contributed by atoms with Crippen LogP contribution in [0.4, 0.5) is 5.69 Å². The summed E-state index contributed by atoms with van der Waals surface area (Å²) < 4.78 is 11.1. The molecule has 0 atom stereocenters. The fraction of sp³-hybridized carbons (Fsp3) is 0.381. The number of benzene rings is 2. The lowest BCUT2D eigenvalue weighted by atomic mass is 10.1. The molecular weight excluding hydrogens is 328 g/mol. The van der Waals surface area contributed by atoms with Crippen molar-refractivity contribution in [1.82, 2.24) is 5.32 Å². The fourth-order valence-electron chi connectivity index (χ4n) is 3.04. The highest BCUT2D eigenvalue weighted by molar-refractivity contribution is 5.95. The predicted molar refractivity (Wildman–Crippen MR) is 103 cm³/mol. The second-order valence-electron chi connectivity index (χ2n) is 6.49. The number of rotatable bonds is 2. The van der Waals surface area contributed by atoms with E-state index >= 15 is 0 Å². The van der Waals surface area contributed by atoms with E-state index in [2.05, 4.69) is 16.7 Å². The zero-order valence-electron chi connectivity index (χ0n) is 15.2. The van der Waals surface area contributed by atoms with Crippen LogP contribution in [0.2, 0.25) is 0 Å². The Morgan fingerprint density at radius 3 is 2.88 bits per heavy atom. The van der Waals surface area contributed by atoms with E-state index in [9.17, 15) is 4.79 Å². The van der Waals surface area contributed by atoms with Gasteiger partial charge >= 0.3 is 0 Å². The van der Waals surface area contributed by atoms with Crippen LogP contribution in [-0.2, 0) is 17.8 Å². The minimum absolute atomic E-state index is 0.0644. The van der Waals surface area contributed by atoms with Crippen molar-refractivity contribution >= 4 is 11.6 Å². The molecule has 1 heterocycles. The van der Waals surface area contributed by atoms with Crippen molar-refractivity contribution in [3.8, 4) is 5.75 Å². The highest BCUT2D eigenvalue weighted by Gasteiger charge is 2.09. The maximum absolute atomic E-state index is 12.5. The predicted octanol–water partition coefficient (Wildman–Crippen LogP) is 3.39. The first-order chi connectivity index (χ1) is 12.7. The first-order valence-electron chi connectivity index (χ1n) is 9.11. The van der Waals surface area contributed by atoms with Gasteiger partial charge in [0.1, 0.15) is 5.75 Å². The monoisotopic (exact) mass is 354 g/mol. The molecule has 0 aliphatic carbocycles. The molecule has 2 aromatic carbocycles. The van der Waals surface area contributed by atoms with Crippen LogP contribution < -0.4 is 15.4 Å². The highest BCUT2D eigenvalue weighted by Crippen LogP contribution is 2.18. The zero-order valence-corrected chi connectivity index (χ0v) is 15.2. The van der Waals surface area contributed by atoms with Gasteiger partial charge in [-0.3, -0.25) is 4.79 Å². The second kappa shape index (κ2) is 9.25. The largest absolute Gasteiger partial charge is 0.494 e. The Bertz CT molecular complexity index is 746. The Kier molecular flexibility index (Phi) is 6.50. The summed E-state index contributed by atoms with van der Waals surface area (Å²) in [6.07, 6.45) is 2.74. The first kappa shape index (κ1) is 18.3. The van der Waals surface area contributed by atoms with Gasteiger partial charge in [0.25, 0.3) is 5.91 Å². The summed E-state index contributed by atoms with van der Waals surface area (Å²) in [5.41, 5.74) is 3.75. The average Bonchev–Trinajstić information content (AvgIpc) is 2.64. The lowest BCUT2D eigenvalue weighted by Crippen LogP contribution is -2.26. The number of carbonyl (C=O) groups is 1. The number of nitrogens with one attached hydrogen (secondary N) is 2. The summed E-state index contributed by atoms with van der Waals surface area (Å²) in [4.78, 5) is 12.5. The van der Waals surface area contributed by atoms with E-state index in [4.69, 9.17) is 9.47 Å². The SMILES string of the molecule is COCc1cc2cc(c1)C(=O)NCCc1cccc(c1)OCCCCN2. The van der Waals surface area contributed by atoms with Crippen LogP contribution in [0.5, 0.6) is 5.75 Å².